The molecule has 3 atom stereocenters. The van der Waals surface area contributed by atoms with Crippen LogP contribution in [0.4, 0.5) is 0 Å². The molecule has 0 saturated heterocycles. The first kappa shape index (κ1) is 21.4. The molecule has 2 aromatic carbocycles. The Morgan fingerprint density at radius 2 is 1.72 bits per heavy atom. The first-order valence-corrected chi connectivity index (χ1v) is 10.7. The van der Waals surface area contributed by atoms with Gasteiger partial charge < -0.3 is 20.9 Å². The third-order valence-corrected chi connectivity index (χ3v) is 5.97. The van der Waals surface area contributed by atoms with Gasteiger partial charge in [-0.05, 0) is 23.3 Å². The van der Waals surface area contributed by atoms with Gasteiger partial charge in [0.2, 0.25) is 5.91 Å². The van der Waals surface area contributed by atoms with Crippen LogP contribution in [0.1, 0.15) is 17.2 Å². The Hall–Kier alpha value is -3.80. The number of hydrogen-bond donors (Lipinski definition) is 2. The number of carbonyl (C=O) groups excluding carboxylic acids is 2. The van der Waals surface area contributed by atoms with E-state index in [0.29, 0.717) is 17.9 Å². The summed E-state index contributed by atoms with van der Waals surface area (Å²) in [5.74, 6) is -0.411. The second kappa shape index (κ2) is 9.14. The molecule has 3 N–H and O–H groups in total. The highest BCUT2D eigenvalue weighted by Crippen LogP contribution is 2.31. The van der Waals surface area contributed by atoms with Gasteiger partial charge in [0.25, 0.3) is 5.91 Å². The van der Waals surface area contributed by atoms with Gasteiger partial charge in [0.15, 0.2) is 0 Å². The maximum atomic E-state index is 13.4. The fourth-order valence-electron chi connectivity index (χ4n) is 4.24. The van der Waals surface area contributed by atoms with Gasteiger partial charge >= 0.3 is 0 Å². The maximum absolute atomic E-state index is 13.4. The van der Waals surface area contributed by atoms with E-state index in [1.165, 1.54) is 0 Å². The van der Waals surface area contributed by atoms with E-state index in [4.69, 9.17) is 5.73 Å². The Bertz CT molecular complexity index is 1080. The first-order valence-electron chi connectivity index (χ1n) is 10.7. The Kier molecular flexibility index (Phi) is 6.12. The van der Waals surface area contributed by atoms with Gasteiger partial charge in [0.1, 0.15) is 6.04 Å². The van der Waals surface area contributed by atoms with Crippen molar-refractivity contribution in [1.82, 2.24) is 15.1 Å². The number of benzene rings is 2. The highest BCUT2D eigenvalue weighted by Gasteiger charge is 2.35. The van der Waals surface area contributed by atoms with Crippen LogP contribution in [-0.2, 0) is 16.1 Å². The summed E-state index contributed by atoms with van der Waals surface area (Å²) in [6.45, 7) is 0.459. The zero-order chi connectivity index (χ0) is 22.7. The second-order valence-electron chi connectivity index (χ2n) is 8.25. The van der Waals surface area contributed by atoms with Gasteiger partial charge in [0.05, 0.1) is 11.7 Å². The van der Waals surface area contributed by atoms with E-state index in [9.17, 15) is 9.59 Å². The number of carbonyl (C=O) groups is 2. The summed E-state index contributed by atoms with van der Waals surface area (Å²) in [5.41, 5.74) is 8.93. The third kappa shape index (κ3) is 4.44. The molecular formula is C26H28N4O2. The number of nitrogens with one attached hydrogen (secondary N) is 1. The van der Waals surface area contributed by atoms with Gasteiger partial charge in [0, 0.05) is 32.3 Å². The van der Waals surface area contributed by atoms with Crippen LogP contribution in [0.25, 0.3) is 0 Å². The average molecular weight is 429 g/mol. The van der Waals surface area contributed by atoms with Gasteiger partial charge in [-0.2, -0.15) is 0 Å². The van der Waals surface area contributed by atoms with Crippen molar-refractivity contribution in [2.75, 3.05) is 14.1 Å². The number of hydrogen-bond acceptors (Lipinski definition) is 4. The summed E-state index contributed by atoms with van der Waals surface area (Å²) < 4.78 is 0. The number of likely N-dealkylation sites (N-methyl/N-ethyl adjacent to an activating group) is 2. The zero-order valence-electron chi connectivity index (χ0n) is 18.3. The summed E-state index contributed by atoms with van der Waals surface area (Å²) in [7, 11) is 3.64. The molecule has 32 heavy (non-hydrogen) atoms. The fraction of sp³-hybridized carbons (Fsp3) is 0.231. The molecule has 0 bridgehead atoms. The Morgan fingerprint density at radius 3 is 2.41 bits per heavy atom. The summed E-state index contributed by atoms with van der Waals surface area (Å²) in [5, 5.41) is 2.98. The summed E-state index contributed by atoms with van der Waals surface area (Å²) in [4.78, 5) is 30.3. The highest BCUT2D eigenvalue weighted by atomic mass is 16.2. The van der Waals surface area contributed by atoms with E-state index in [1.54, 1.807) is 11.9 Å². The number of nitrogens with zero attached hydrogens (tertiary/aromatic N) is 2. The molecule has 2 amide bonds. The van der Waals surface area contributed by atoms with Crippen molar-refractivity contribution in [3.05, 3.63) is 107 Å². The first-order chi connectivity index (χ1) is 15.4. The van der Waals surface area contributed by atoms with Crippen LogP contribution in [-0.4, -0.2) is 41.8 Å². The number of rotatable bonds is 6. The van der Waals surface area contributed by atoms with E-state index in [2.05, 4.69) is 5.32 Å². The quantitative estimate of drug-likeness (QED) is 0.742. The minimum Gasteiger partial charge on any atom is -0.399 e. The molecule has 164 valence electrons. The van der Waals surface area contributed by atoms with Crippen molar-refractivity contribution < 1.29 is 9.59 Å². The second-order valence-corrected chi connectivity index (χ2v) is 8.25. The molecule has 0 fully saturated rings. The Labute approximate surface area is 188 Å². The monoisotopic (exact) mass is 428 g/mol. The van der Waals surface area contributed by atoms with Crippen molar-refractivity contribution >= 4 is 11.8 Å². The summed E-state index contributed by atoms with van der Waals surface area (Å²) in [6, 6.07) is 18.4. The molecule has 6 nitrogen and oxygen atoms in total. The van der Waals surface area contributed by atoms with Crippen molar-refractivity contribution in [2.45, 2.75) is 18.6 Å². The molecule has 0 aromatic heterocycles. The molecule has 4 rings (SSSR count). The molecule has 1 aliphatic carbocycles. The van der Waals surface area contributed by atoms with E-state index in [1.807, 2.05) is 96.9 Å². The topological polar surface area (TPSA) is 78.7 Å². The lowest BCUT2D eigenvalue weighted by Crippen LogP contribution is -2.43. The molecule has 2 aliphatic rings. The number of nitrogens with two attached hydrogens (primary N) is 1. The van der Waals surface area contributed by atoms with Crippen LogP contribution in [0.5, 0.6) is 0 Å². The highest BCUT2D eigenvalue weighted by molar-refractivity contribution is 5.97. The molecule has 3 unspecified atom stereocenters. The Balaban J connectivity index is 1.55. The van der Waals surface area contributed by atoms with Crippen molar-refractivity contribution in [2.24, 2.45) is 11.7 Å². The van der Waals surface area contributed by atoms with Crippen molar-refractivity contribution in [3.63, 3.8) is 0 Å². The van der Waals surface area contributed by atoms with E-state index < -0.39 is 6.04 Å². The molecule has 0 spiro atoms. The predicted molar refractivity (Wildman–Crippen MR) is 125 cm³/mol. The lowest BCUT2D eigenvalue weighted by atomic mass is 9.96. The molecule has 0 radical (unpaired) electrons. The standard InChI is InChI=1S/C26H28N4O2/c1-29(17-18-9-5-3-6-10-18)26(32)24(19-11-7-4-8-12-19)28-25(31)23-16-20-15-21(27)13-14-22(20)30(23)2/h3-16,20,22,24H,17,27H2,1-2H3,(H,28,31). The van der Waals surface area contributed by atoms with Crippen molar-refractivity contribution in [3.8, 4) is 0 Å². The average Bonchev–Trinajstić information content (AvgIpc) is 3.13. The van der Waals surface area contributed by atoms with Gasteiger partial charge in [-0.25, -0.2) is 0 Å². The lowest BCUT2D eigenvalue weighted by molar-refractivity contribution is -0.135. The predicted octanol–water partition coefficient (Wildman–Crippen LogP) is 2.73. The number of amides is 2. The molecule has 1 aliphatic heterocycles. The van der Waals surface area contributed by atoms with Crippen LogP contribution in [0.3, 0.4) is 0 Å². The van der Waals surface area contributed by atoms with Crippen molar-refractivity contribution in [1.29, 1.82) is 0 Å². The lowest BCUT2D eigenvalue weighted by Gasteiger charge is -2.28. The minimum atomic E-state index is -0.787. The van der Waals surface area contributed by atoms with E-state index in [-0.39, 0.29) is 23.8 Å². The molecule has 6 heteroatoms. The molecular weight excluding hydrogens is 400 g/mol. The number of fused-ring (bicyclic) bond motifs is 1. The fourth-order valence-corrected chi connectivity index (χ4v) is 4.24. The molecule has 1 heterocycles. The smallest absolute Gasteiger partial charge is 0.268 e. The third-order valence-electron chi connectivity index (χ3n) is 5.97. The van der Waals surface area contributed by atoms with Gasteiger partial charge in [-0.15, -0.1) is 0 Å². The zero-order valence-corrected chi connectivity index (χ0v) is 18.3. The number of allylic oxidation sites excluding steroid dienone is 1. The molecule has 0 saturated carbocycles. The largest absolute Gasteiger partial charge is 0.399 e. The maximum Gasteiger partial charge on any atom is 0.268 e. The van der Waals surface area contributed by atoms with Crippen LogP contribution in [0.15, 0.2) is 96.4 Å². The Morgan fingerprint density at radius 1 is 1.06 bits per heavy atom. The van der Waals surface area contributed by atoms with Gasteiger partial charge in [-0.3, -0.25) is 9.59 Å². The normalized spacial score (nSPS) is 20.1. The van der Waals surface area contributed by atoms with Crippen LogP contribution in [0, 0.1) is 5.92 Å². The van der Waals surface area contributed by atoms with Crippen LogP contribution in [0.2, 0.25) is 0 Å². The van der Waals surface area contributed by atoms with E-state index in [0.717, 1.165) is 11.1 Å². The summed E-state index contributed by atoms with van der Waals surface area (Å²) >= 11 is 0. The van der Waals surface area contributed by atoms with Crippen LogP contribution < -0.4 is 11.1 Å². The summed E-state index contributed by atoms with van der Waals surface area (Å²) in [6.07, 6.45) is 7.73. The SMILES string of the molecule is CN(Cc1ccccc1)C(=O)C(NC(=O)C1=CC2C=C(N)C=CC2N1C)c1ccccc1. The van der Waals surface area contributed by atoms with E-state index >= 15 is 0 Å². The minimum absolute atomic E-state index is 0.0392. The van der Waals surface area contributed by atoms with Gasteiger partial charge in [-0.1, -0.05) is 72.8 Å². The van der Waals surface area contributed by atoms with Crippen LogP contribution >= 0.6 is 0 Å². The molecule has 2 aromatic rings.